The average molecular weight is 474 g/mol. The van der Waals surface area contributed by atoms with Gasteiger partial charge in [-0.1, -0.05) is 55.8 Å². The lowest BCUT2D eigenvalue weighted by atomic mass is 10.0. The second kappa shape index (κ2) is 10.4. The number of rotatable bonds is 9. The molecular weight excluding hydrogens is 449 g/mol. The van der Waals surface area contributed by atoms with Crippen molar-refractivity contribution in [3.8, 4) is 0 Å². The quantitative estimate of drug-likeness (QED) is 0.442. The smallest absolute Gasteiger partial charge is 0.269 e. The van der Waals surface area contributed by atoms with Gasteiger partial charge in [-0.25, -0.2) is 4.39 Å². The molecule has 0 aliphatic heterocycles. The van der Waals surface area contributed by atoms with Crippen LogP contribution in [-0.4, -0.2) is 33.5 Å². The minimum atomic E-state index is -0.836. The predicted octanol–water partition coefficient (Wildman–Crippen LogP) is 2.78. The first kappa shape index (κ1) is 24.2. The van der Waals surface area contributed by atoms with Crippen molar-refractivity contribution in [1.29, 1.82) is 0 Å². The van der Waals surface area contributed by atoms with Gasteiger partial charge in [-0.3, -0.25) is 19.1 Å². The summed E-state index contributed by atoms with van der Waals surface area (Å²) in [7, 11) is 0. The minimum absolute atomic E-state index is 0.0319. The van der Waals surface area contributed by atoms with Gasteiger partial charge in [-0.2, -0.15) is 5.10 Å². The summed E-state index contributed by atoms with van der Waals surface area (Å²) in [6, 6.07) is 10.6. The fraction of sp³-hybridized carbons (Fsp3) is 0.304. The normalized spacial score (nSPS) is 12.0. The second-order valence-corrected chi connectivity index (χ2v) is 8.48. The van der Waals surface area contributed by atoms with Gasteiger partial charge in [0.25, 0.3) is 5.91 Å². The molecule has 3 rings (SSSR count). The number of carbonyl (C=O) groups is 3. The third-order valence-corrected chi connectivity index (χ3v) is 5.32. The summed E-state index contributed by atoms with van der Waals surface area (Å²) >= 11 is 5.79. The number of primary amides is 1. The maximum absolute atomic E-state index is 14.1. The van der Waals surface area contributed by atoms with Crippen LogP contribution in [0.25, 0.3) is 10.9 Å². The van der Waals surface area contributed by atoms with Gasteiger partial charge in [-0.05, 0) is 24.5 Å². The van der Waals surface area contributed by atoms with Gasteiger partial charge in [0, 0.05) is 17.5 Å². The lowest BCUT2D eigenvalue weighted by Crippen LogP contribution is -2.48. The van der Waals surface area contributed by atoms with Crippen molar-refractivity contribution in [3.63, 3.8) is 0 Å². The molecule has 33 heavy (non-hydrogen) atoms. The molecule has 0 aliphatic carbocycles. The Morgan fingerprint density at radius 1 is 1.15 bits per heavy atom. The Hall–Kier alpha value is -3.46. The van der Waals surface area contributed by atoms with Crippen LogP contribution in [0.3, 0.4) is 0 Å². The zero-order valence-electron chi connectivity index (χ0n) is 18.3. The molecule has 0 fully saturated rings. The van der Waals surface area contributed by atoms with Gasteiger partial charge in [0.2, 0.25) is 11.8 Å². The van der Waals surface area contributed by atoms with Crippen molar-refractivity contribution in [3.05, 3.63) is 64.6 Å². The number of fused-ring (bicyclic) bond motifs is 1. The average Bonchev–Trinajstić information content (AvgIpc) is 3.12. The third-order valence-electron chi connectivity index (χ3n) is 5.03. The lowest BCUT2D eigenvalue weighted by molar-refractivity contribution is -0.129. The van der Waals surface area contributed by atoms with Gasteiger partial charge in [-0.15, -0.1) is 0 Å². The molecule has 3 aromatic rings. The molecule has 8 nitrogen and oxygen atoms in total. The second-order valence-electron chi connectivity index (χ2n) is 8.07. The molecule has 2 aromatic carbocycles. The molecule has 1 heterocycles. The topological polar surface area (TPSA) is 119 Å². The third kappa shape index (κ3) is 5.87. The molecule has 0 aliphatic rings. The first-order valence-corrected chi connectivity index (χ1v) is 10.8. The number of hydrogen-bond donors (Lipinski definition) is 3. The van der Waals surface area contributed by atoms with Crippen LogP contribution in [0, 0.1) is 11.7 Å². The Kier molecular flexibility index (Phi) is 7.65. The Bertz CT molecular complexity index is 1190. The highest BCUT2D eigenvalue weighted by molar-refractivity contribution is 6.30. The zero-order chi connectivity index (χ0) is 24.1. The van der Waals surface area contributed by atoms with E-state index in [0.29, 0.717) is 17.3 Å². The number of carbonyl (C=O) groups excluding carboxylic acids is 3. The van der Waals surface area contributed by atoms with Crippen molar-refractivity contribution >= 4 is 40.2 Å². The van der Waals surface area contributed by atoms with Crippen LogP contribution < -0.4 is 16.4 Å². The number of hydrogen-bond acceptors (Lipinski definition) is 4. The zero-order valence-corrected chi connectivity index (χ0v) is 19.0. The van der Waals surface area contributed by atoms with E-state index in [-0.39, 0.29) is 35.3 Å². The van der Waals surface area contributed by atoms with E-state index in [1.165, 1.54) is 16.8 Å². The summed E-state index contributed by atoms with van der Waals surface area (Å²) in [4.78, 5) is 37.2. The minimum Gasteiger partial charge on any atom is -0.364 e. The highest BCUT2D eigenvalue weighted by Gasteiger charge is 2.23. The molecule has 4 N–H and O–H groups in total. The molecular formula is C23H25ClFN5O3. The van der Waals surface area contributed by atoms with E-state index in [1.54, 1.807) is 30.3 Å². The predicted molar refractivity (Wildman–Crippen MR) is 123 cm³/mol. The van der Waals surface area contributed by atoms with Crippen molar-refractivity contribution in [2.24, 2.45) is 11.7 Å². The number of para-hydroxylation sites is 1. The molecule has 10 heteroatoms. The van der Waals surface area contributed by atoms with Crippen LogP contribution in [-0.2, 0) is 22.7 Å². The molecule has 174 valence electrons. The molecule has 0 bridgehead atoms. The molecule has 1 atom stereocenters. The Morgan fingerprint density at radius 2 is 1.88 bits per heavy atom. The number of nitrogens with two attached hydrogens (primary N) is 1. The summed E-state index contributed by atoms with van der Waals surface area (Å²) < 4.78 is 15.5. The largest absolute Gasteiger partial charge is 0.364 e. The van der Waals surface area contributed by atoms with E-state index in [4.69, 9.17) is 17.3 Å². The van der Waals surface area contributed by atoms with E-state index in [0.717, 1.165) is 0 Å². The van der Waals surface area contributed by atoms with Gasteiger partial charge >= 0.3 is 0 Å². The summed E-state index contributed by atoms with van der Waals surface area (Å²) in [5, 5.41) is 10.0. The first-order valence-electron chi connectivity index (χ1n) is 10.4. The summed E-state index contributed by atoms with van der Waals surface area (Å²) in [6.45, 7) is 3.56. The van der Waals surface area contributed by atoms with Gasteiger partial charge in [0.1, 0.15) is 18.4 Å². The van der Waals surface area contributed by atoms with Crippen LogP contribution in [0.4, 0.5) is 4.39 Å². The van der Waals surface area contributed by atoms with Crippen LogP contribution in [0.2, 0.25) is 5.02 Å². The number of nitrogens with one attached hydrogen (secondary N) is 2. The molecule has 0 saturated carbocycles. The van der Waals surface area contributed by atoms with E-state index < -0.39 is 29.6 Å². The lowest BCUT2D eigenvalue weighted by Gasteiger charge is -2.20. The Balaban J connectivity index is 1.72. The Labute approximate surface area is 195 Å². The first-order chi connectivity index (χ1) is 15.7. The fourth-order valence-corrected chi connectivity index (χ4v) is 3.69. The highest BCUT2D eigenvalue weighted by Crippen LogP contribution is 2.19. The number of halogens is 2. The highest BCUT2D eigenvalue weighted by atomic mass is 35.5. The summed E-state index contributed by atoms with van der Waals surface area (Å²) in [5.41, 5.74) is 6.28. The van der Waals surface area contributed by atoms with Crippen molar-refractivity contribution < 1.29 is 18.8 Å². The van der Waals surface area contributed by atoms with Crippen LogP contribution >= 0.6 is 11.6 Å². The van der Waals surface area contributed by atoms with Crippen molar-refractivity contribution in [1.82, 2.24) is 20.4 Å². The van der Waals surface area contributed by atoms with Gasteiger partial charge in [0.05, 0.1) is 10.5 Å². The molecule has 0 radical (unpaired) electrons. The van der Waals surface area contributed by atoms with E-state index >= 15 is 0 Å². The van der Waals surface area contributed by atoms with E-state index in [9.17, 15) is 18.8 Å². The number of aromatic nitrogens is 2. The number of benzene rings is 2. The number of nitrogens with zero attached hydrogens (tertiary/aromatic N) is 2. The van der Waals surface area contributed by atoms with Crippen molar-refractivity contribution in [2.45, 2.75) is 39.4 Å². The fourth-order valence-electron chi connectivity index (χ4n) is 3.50. The van der Waals surface area contributed by atoms with Crippen LogP contribution in [0.5, 0.6) is 0 Å². The maximum Gasteiger partial charge on any atom is 0.269 e. The van der Waals surface area contributed by atoms with E-state index in [2.05, 4.69) is 15.7 Å². The monoisotopic (exact) mass is 473 g/mol. The van der Waals surface area contributed by atoms with Crippen molar-refractivity contribution in [2.75, 3.05) is 0 Å². The maximum atomic E-state index is 14.1. The molecule has 0 unspecified atom stereocenters. The molecule has 0 spiro atoms. The summed E-state index contributed by atoms with van der Waals surface area (Å²) in [5.74, 6) is -2.10. The van der Waals surface area contributed by atoms with Gasteiger partial charge in [0.15, 0.2) is 5.69 Å². The van der Waals surface area contributed by atoms with Crippen LogP contribution in [0.15, 0.2) is 42.5 Å². The van der Waals surface area contributed by atoms with E-state index in [1.807, 2.05) is 13.8 Å². The van der Waals surface area contributed by atoms with Crippen LogP contribution in [0.1, 0.15) is 36.3 Å². The number of amides is 3. The standard InChI is InChI=1S/C23H25ClFN5O3/c1-13(2)10-17(23(33)27-11-14-6-5-8-16(24)20(14)25)28-19(31)12-30-18-9-4-3-7-15(18)21(29-30)22(26)32/h3-9,13,17H,10-12H2,1-2H3,(H2,26,32)(H,27,33)(H,28,31)/t17-/m0/s1. The molecule has 3 amide bonds. The summed E-state index contributed by atoms with van der Waals surface area (Å²) in [6.07, 6.45) is 0.377. The Morgan fingerprint density at radius 3 is 2.58 bits per heavy atom. The van der Waals surface area contributed by atoms with Gasteiger partial charge < -0.3 is 16.4 Å². The molecule has 1 aromatic heterocycles. The molecule has 0 saturated heterocycles. The SMILES string of the molecule is CC(C)C[C@H](NC(=O)Cn1nc(C(N)=O)c2ccccc21)C(=O)NCc1cccc(Cl)c1F.